The van der Waals surface area contributed by atoms with Crippen molar-refractivity contribution in [1.29, 1.82) is 0 Å². The molecule has 0 spiro atoms. The van der Waals surface area contributed by atoms with Crippen molar-refractivity contribution in [2.45, 2.75) is 13.0 Å². The minimum atomic E-state index is -0.152. The van der Waals surface area contributed by atoms with Crippen LogP contribution in [0, 0.1) is 0 Å². The number of aromatic nitrogens is 2. The summed E-state index contributed by atoms with van der Waals surface area (Å²) < 4.78 is 12.9. The fourth-order valence-corrected chi connectivity index (χ4v) is 4.17. The minimum absolute atomic E-state index is 0.152. The lowest BCUT2D eigenvalue weighted by Crippen LogP contribution is -2.38. The molecule has 1 aliphatic rings. The van der Waals surface area contributed by atoms with Gasteiger partial charge in [-0.25, -0.2) is 0 Å². The van der Waals surface area contributed by atoms with Crippen LogP contribution in [0.2, 0.25) is 0 Å². The van der Waals surface area contributed by atoms with Gasteiger partial charge in [0.05, 0.1) is 26.9 Å². The second kappa shape index (κ2) is 11.2. The average molecular weight is 452 g/mol. The number of carbonyl (C=O) groups is 1. The van der Waals surface area contributed by atoms with Gasteiger partial charge in [0.15, 0.2) is 5.69 Å². The maximum absolute atomic E-state index is 13.0. The lowest BCUT2D eigenvalue weighted by Gasteiger charge is -2.26. The Morgan fingerprint density at radius 3 is 2.67 bits per heavy atom. The summed E-state index contributed by atoms with van der Waals surface area (Å²) in [5.74, 6) is 0.575. The third-order valence-electron chi connectivity index (χ3n) is 6.05. The predicted octanol–water partition coefficient (Wildman–Crippen LogP) is 2.63. The average Bonchev–Trinajstić information content (AvgIpc) is 3.25. The van der Waals surface area contributed by atoms with Gasteiger partial charge >= 0.3 is 0 Å². The zero-order valence-electron chi connectivity index (χ0n) is 19.5. The third kappa shape index (κ3) is 5.64. The van der Waals surface area contributed by atoms with Gasteiger partial charge in [0, 0.05) is 50.8 Å². The quantitative estimate of drug-likeness (QED) is 0.478. The van der Waals surface area contributed by atoms with Crippen LogP contribution in [-0.2, 0) is 11.3 Å². The molecular weight excluding hydrogens is 418 g/mol. The SMILES string of the molecule is COc1cccc2c(C(=O)NCCCN(C)c3ccccc3)nn(CCN3CCOCC3)c12. The molecule has 33 heavy (non-hydrogen) atoms. The standard InChI is InChI=1S/C25H33N5O3/c1-28(20-8-4-3-5-9-20)13-7-12-26-25(31)23-21-10-6-11-22(32-2)24(21)30(27-23)15-14-29-16-18-33-19-17-29/h3-6,8-11H,7,12-19H2,1-2H3,(H,26,31). The second-order valence-corrected chi connectivity index (χ2v) is 8.25. The smallest absolute Gasteiger partial charge is 0.272 e. The number of ether oxygens (including phenoxy) is 2. The molecule has 176 valence electrons. The molecule has 1 fully saturated rings. The van der Waals surface area contributed by atoms with Crippen LogP contribution in [0.5, 0.6) is 5.75 Å². The summed E-state index contributed by atoms with van der Waals surface area (Å²) >= 11 is 0. The van der Waals surface area contributed by atoms with E-state index in [0.717, 1.165) is 62.5 Å². The first kappa shape index (κ1) is 23.1. The van der Waals surface area contributed by atoms with Crippen molar-refractivity contribution < 1.29 is 14.3 Å². The van der Waals surface area contributed by atoms with Crippen molar-refractivity contribution in [1.82, 2.24) is 20.0 Å². The van der Waals surface area contributed by atoms with E-state index < -0.39 is 0 Å². The summed E-state index contributed by atoms with van der Waals surface area (Å²) in [6.45, 7) is 6.33. The molecule has 8 heteroatoms. The Hall–Kier alpha value is -3.10. The maximum atomic E-state index is 13.0. The number of methoxy groups -OCH3 is 1. The molecule has 1 saturated heterocycles. The molecule has 2 aromatic carbocycles. The number of nitrogens with zero attached hydrogens (tertiary/aromatic N) is 4. The van der Waals surface area contributed by atoms with E-state index in [-0.39, 0.29) is 5.91 Å². The summed E-state index contributed by atoms with van der Waals surface area (Å²) in [5, 5.41) is 8.56. The van der Waals surface area contributed by atoms with Crippen LogP contribution >= 0.6 is 0 Å². The molecule has 8 nitrogen and oxygen atoms in total. The first-order chi connectivity index (χ1) is 16.2. The highest BCUT2D eigenvalue weighted by atomic mass is 16.5. The Morgan fingerprint density at radius 1 is 1.12 bits per heavy atom. The van der Waals surface area contributed by atoms with Crippen molar-refractivity contribution >= 4 is 22.5 Å². The molecule has 0 radical (unpaired) electrons. The maximum Gasteiger partial charge on any atom is 0.272 e. The van der Waals surface area contributed by atoms with Gasteiger partial charge in [0.1, 0.15) is 11.3 Å². The third-order valence-corrected chi connectivity index (χ3v) is 6.05. The van der Waals surface area contributed by atoms with Crippen LogP contribution in [-0.4, -0.2) is 80.7 Å². The van der Waals surface area contributed by atoms with E-state index in [1.54, 1.807) is 7.11 Å². The number of hydrogen-bond donors (Lipinski definition) is 1. The molecule has 3 aromatic rings. The molecule has 0 atom stereocenters. The van der Waals surface area contributed by atoms with Crippen molar-refractivity contribution in [2.24, 2.45) is 0 Å². The van der Waals surface area contributed by atoms with Crippen LogP contribution in [0.1, 0.15) is 16.9 Å². The van der Waals surface area contributed by atoms with Crippen LogP contribution in [0.4, 0.5) is 5.69 Å². The van der Waals surface area contributed by atoms with Gasteiger partial charge in [-0.05, 0) is 24.6 Å². The van der Waals surface area contributed by atoms with Gasteiger partial charge in [-0.2, -0.15) is 5.10 Å². The molecule has 4 rings (SSSR count). The van der Waals surface area contributed by atoms with E-state index in [1.165, 1.54) is 5.69 Å². The van der Waals surface area contributed by atoms with Gasteiger partial charge in [0.25, 0.3) is 5.91 Å². The number of anilines is 1. The number of amides is 1. The van der Waals surface area contributed by atoms with Crippen molar-refractivity contribution in [3.05, 3.63) is 54.2 Å². The predicted molar refractivity (Wildman–Crippen MR) is 130 cm³/mol. The summed E-state index contributed by atoms with van der Waals surface area (Å²) in [4.78, 5) is 17.6. The molecule has 2 heterocycles. The topological polar surface area (TPSA) is 71.9 Å². The van der Waals surface area contributed by atoms with Crippen molar-refractivity contribution in [3.63, 3.8) is 0 Å². The number of rotatable bonds is 10. The highest BCUT2D eigenvalue weighted by Crippen LogP contribution is 2.28. The fourth-order valence-electron chi connectivity index (χ4n) is 4.17. The van der Waals surface area contributed by atoms with Gasteiger partial charge < -0.3 is 19.7 Å². The second-order valence-electron chi connectivity index (χ2n) is 8.25. The van der Waals surface area contributed by atoms with Crippen LogP contribution < -0.4 is 15.0 Å². The summed E-state index contributed by atoms with van der Waals surface area (Å²) in [6, 6.07) is 16.0. The molecule has 1 aliphatic heterocycles. The first-order valence-corrected chi connectivity index (χ1v) is 11.6. The number of carbonyl (C=O) groups excluding carboxylic acids is 1. The van der Waals surface area contributed by atoms with Gasteiger partial charge in [-0.3, -0.25) is 14.4 Å². The number of hydrogen-bond acceptors (Lipinski definition) is 6. The lowest BCUT2D eigenvalue weighted by atomic mass is 10.2. The highest BCUT2D eigenvalue weighted by Gasteiger charge is 2.20. The number of para-hydroxylation sites is 2. The zero-order valence-corrected chi connectivity index (χ0v) is 19.5. The highest BCUT2D eigenvalue weighted by molar-refractivity contribution is 6.06. The molecular formula is C25H33N5O3. The Labute approximate surface area is 195 Å². The van der Waals surface area contributed by atoms with Gasteiger partial charge in [-0.1, -0.05) is 30.3 Å². The molecule has 0 aliphatic carbocycles. The van der Waals surface area contributed by atoms with Crippen LogP contribution in [0.3, 0.4) is 0 Å². The molecule has 0 bridgehead atoms. The summed E-state index contributed by atoms with van der Waals surface area (Å²) in [6.07, 6.45) is 0.843. The molecule has 0 unspecified atom stereocenters. The Balaban J connectivity index is 1.41. The van der Waals surface area contributed by atoms with E-state index in [2.05, 4.69) is 34.3 Å². The van der Waals surface area contributed by atoms with E-state index in [9.17, 15) is 4.79 Å². The Kier molecular flexibility index (Phi) is 7.80. The van der Waals surface area contributed by atoms with E-state index in [4.69, 9.17) is 14.6 Å². The number of morpholine rings is 1. The number of fused-ring (bicyclic) bond motifs is 1. The minimum Gasteiger partial charge on any atom is -0.494 e. The number of nitrogens with one attached hydrogen (secondary N) is 1. The molecule has 0 saturated carbocycles. The lowest BCUT2D eigenvalue weighted by molar-refractivity contribution is 0.0361. The summed E-state index contributed by atoms with van der Waals surface area (Å²) in [7, 11) is 3.71. The van der Waals surface area contributed by atoms with Crippen LogP contribution in [0.25, 0.3) is 10.9 Å². The first-order valence-electron chi connectivity index (χ1n) is 11.6. The van der Waals surface area contributed by atoms with Gasteiger partial charge in [-0.15, -0.1) is 0 Å². The molecule has 1 amide bonds. The monoisotopic (exact) mass is 451 g/mol. The summed E-state index contributed by atoms with van der Waals surface area (Å²) in [5.41, 5.74) is 2.48. The van der Waals surface area contributed by atoms with Crippen LogP contribution in [0.15, 0.2) is 48.5 Å². The van der Waals surface area contributed by atoms with Crippen molar-refractivity contribution in [3.8, 4) is 5.75 Å². The van der Waals surface area contributed by atoms with Crippen molar-refractivity contribution in [2.75, 3.05) is 65.0 Å². The normalized spacial score (nSPS) is 14.4. The Morgan fingerprint density at radius 2 is 1.91 bits per heavy atom. The zero-order chi connectivity index (χ0) is 23.0. The van der Waals surface area contributed by atoms with Gasteiger partial charge in [0.2, 0.25) is 0 Å². The van der Waals surface area contributed by atoms with E-state index >= 15 is 0 Å². The fraction of sp³-hybridized carbons (Fsp3) is 0.440. The van der Waals surface area contributed by atoms with E-state index in [0.29, 0.717) is 18.8 Å². The number of benzene rings is 2. The Bertz CT molecular complexity index is 1050. The molecule has 1 aromatic heterocycles. The largest absolute Gasteiger partial charge is 0.494 e. The van der Waals surface area contributed by atoms with E-state index in [1.807, 2.05) is 41.1 Å². The molecule has 1 N–H and O–H groups in total.